The largest absolute Gasteiger partial charge is 0.437 e. The zero-order chi connectivity index (χ0) is 32.3. The average molecular weight is 644 g/mol. The van der Waals surface area contributed by atoms with Crippen molar-refractivity contribution in [1.82, 2.24) is 20.3 Å². The predicted molar refractivity (Wildman–Crippen MR) is 176 cm³/mol. The minimum Gasteiger partial charge on any atom is -0.437 e. The number of ether oxygens (including phenoxy) is 1. The van der Waals surface area contributed by atoms with Crippen LogP contribution in [-0.2, 0) is 27.3 Å². The standard InChI is InChI=1S/C35H35F2N5O3S/c1-23-14-15-27-24(21-46(43,44)22-25-8-3-4-13-30(25)35(2,36)37)9-5-11-28(27)32(23)45-33-29(12-7-18-39-33)31-16-19-40-34(42-31)41-26-10-6-17-38-20-26/h3-5,7-9,11-16,18-19,26,38H,6,10,17,20-22H2,1-2H3,(H,40,41,42)/t26-/m0/s1. The number of rotatable bonds is 10. The van der Waals surface area contributed by atoms with Crippen molar-refractivity contribution >= 4 is 26.6 Å². The molecule has 1 atom stereocenters. The molecule has 5 aromatic rings. The van der Waals surface area contributed by atoms with Gasteiger partial charge in [0.05, 0.1) is 22.8 Å². The summed E-state index contributed by atoms with van der Waals surface area (Å²) in [6.07, 6.45) is 5.46. The number of pyridine rings is 1. The van der Waals surface area contributed by atoms with Gasteiger partial charge in [-0.05, 0) is 66.6 Å². The summed E-state index contributed by atoms with van der Waals surface area (Å²) in [7, 11) is -3.81. The van der Waals surface area contributed by atoms with Gasteiger partial charge in [0.1, 0.15) is 5.75 Å². The summed E-state index contributed by atoms with van der Waals surface area (Å²) >= 11 is 0. The molecule has 0 saturated carbocycles. The highest BCUT2D eigenvalue weighted by Gasteiger charge is 2.29. The first-order valence-corrected chi connectivity index (χ1v) is 17.0. The molecule has 2 N–H and O–H groups in total. The van der Waals surface area contributed by atoms with Crippen molar-refractivity contribution in [2.45, 2.75) is 50.2 Å². The van der Waals surface area contributed by atoms with Crippen molar-refractivity contribution in [2.75, 3.05) is 18.4 Å². The van der Waals surface area contributed by atoms with Gasteiger partial charge >= 0.3 is 0 Å². The molecule has 0 amide bonds. The summed E-state index contributed by atoms with van der Waals surface area (Å²) in [6.45, 7) is 4.54. The van der Waals surface area contributed by atoms with E-state index in [2.05, 4.69) is 20.6 Å². The molecule has 8 nitrogen and oxygen atoms in total. The third-order valence-electron chi connectivity index (χ3n) is 8.07. The Morgan fingerprint density at radius 3 is 2.54 bits per heavy atom. The molecule has 0 unspecified atom stereocenters. The fourth-order valence-corrected chi connectivity index (χ4v) is 7.42. The third kappa shape index (κ3) is 7.16. The van der Waals surface area contributed by atoms with Gasteiger partial charge in [0.15, 0.2) is 9.84 Å². The van der Waals surface area contributed by atoms with Crippen LogP contribution in [0.3, 0.4) is 0 Å². The number of aryl methyl sites for hydroxylation is 1. The smallest absolute Gasteiger partial charge is 0.270 e. The molecule has 3 aromatic carbocycles. The summed E-state index contributed by atoms with van der Waals surface area (Å²) in [5, 5.41) is 8.19. The van der Waals surface area contributed by atoms with Gasteiger partial charge in [0, 0.05) is 42.9 Å². The second kappa shape index (κ2) is 13.1. The molecule has 6 rings (SSSR count). The van der Waals surface area contributed by atoms with Gasteiger partial charge in [0.2, 0.25) is 11.8 Å². The molecule has 0 spiro atoms. The van der Waals surface area contributed by atoms with Gasteiger partial charge < -0.3 is 15.4 Å². The second-order valence-corrected chi connectivity index (χ2v) is 13.8. The molecule has 3 heterocycles. The lowest BCUT2D eigenvalue weighted by Gasteiger charge is -2.23. The summed E-state index contributed by atoms with van der Waals surface area (Å²) in [5.74, 6) is -2.57. The molecular formula is C35H35F2N5O3S. The number of hydrogen-bond donors (Lipinski definition) is 2. The molecule has 2 aromatic heterocycles. The molecule has 0 radical (unpaired) electrons. The van der Waals surface area contributed by atoms with E-state index in [1.807, 2.05) is 37.3 Å². The second-order valence-electron chi connectivity index (χ2n) is 11.7. The summed E-state index contributed by atoms with van der Waals surface area (Å²) in [6, 6.07) is 20.6. The topological polar surface area (TPSA) is 106 Å². The van der Waals surface area contributed by atoms with Gasteiger partial charge in [0.25, 0.3) is 5.92 Å². The average Bonchev–Trinajstić information content (AvgIpc) is 3.03. The van der Waals surface area contributed by atoms with Crippen molar-refractivity contribution in [3.63, 3.8) is 0 Å². The zero-order valence-electron chi connectivity index (χ0n) is 25.6. The van der Waals surface area contributed by atoms with E-state index in [4.69, 9.17) is 9.72 Å². The van der Waals surface area contributed by atoms with Crippen LogP contribution in [0.25, 0.3) is 22.0 Å². The summed E-state index contributed by atoms with van der Waals surface area (Å²) in [4.78, 5) is 13.7. The molecule has 0 aliphatic carbocycles. The first-order chi connectivity index (χ1) is 22.1. The van der Waals surface area contributed by atoms with Crippen molar-refractivity contribution in [2.24, 2.45) is 0 Å². The van der Waals surface area contributed by atoms with E-state index >= 15 is 0 Å². The Morgan fingerprint density at radius 1 is 0.935 bits per heavy atom. The molecule has 1 fully saturated rings. The number of piperidine rings is 1. The Bertz CT molecular complexity index is 1980. The molecule has 1 aliphatic rings. The molecular weight excluding hydrogens is 608 g/mol. The summed E-state index contributed by atoms with van der Waals surface area (Å²) in [5.41, 5.74) is 2.51. The number of halogens is 2. The molecule has 1 aliphatic heterocycles. The maximum atomic E-state index is 14.2. The van der Waals surface area contributed by atoms with Gasteiger partial charge in [-0.25, -0.2) is 32.2 Å². The lowest BCUT2D eigenvalue weighted by Crippen LogP contribution is -2.38. The highest BCUT2D eigenvalue weighted by atomic mass is 32.2. The van der Waals surface area contributed by atoms with Crippen LogP contribution < -0.4 is 15.4 Å². The summed E-state index contributed by atoms with van der Waals surface area (Å²) < 4.78 is 61.7. The van der Waals surface area contributed by atoms with E-state index in [-0.39, 0.29) is 22.9 Å². The number of sulfone groups is 1. The van der Waals surface area contributed by atoms with Crippen molar-refractivity contribution in [1.29, 1.82) is 0 Å². The van der Waals surface area contributed by atoms with E-state index in [0.29, 0.717) is 45.2 Å². The third-order valence-corrected chi connectivity index (χ3v) is 9.57. The lowest BCUT2D eigenvalue weighted by atomic mass is 10.0. The SMILES string of the molecule is Cc1ccc2c(CS(=O)(=O)Cc3ccccc3C(C)(F)F)cccc2c1Oc1ncccc1-c1ccnc(N[C@H]2CCCNC2)n1. The van der Waals surface area contributed by atoms with E-state index in [0.717, 1.165) is 38.4 Å². The van der Waals surface area contributed by atoms with E-state index < -0.39 is 21.5 Å². The quantitative estimate of drug-likeness (QED) is 0.165. The number of anilines is 1. The fourth-order valence-electron chi connectivity index (χ4n) is 5.86. The number of nitrogens with zero attached hydrogens (tertiary/aromatic N) is 3. The van der Waals surface area contributed by atoms with E-state index in [1.165, 1.54) is 18.2 Å². The number of nitrogens with one attached hydrogen (secondary N) is 2. The van der Waals surface area contributed by atoms with Crippen LogP contribution in [-0.4, -0.2) is 42.5 Å². The van der Waals surface area contributed by atoms with Crippen molar-refractivity contribution in [3.05, 3.63) is 107 Å². The van der Waals surface area contributed by atoms with Gasteiger partial charge in [-0.15, -0.1) is 0 Å². The monoisotopic (exact) mass is 643 g/mol. The first kappa shape index (κ1) is 31.5. The van der Waals surface area contributed by atoms with Crippen LogP contribution in [0, 0.1) is 6.92 Å². The Morgan fingerprint density at radius 2 is 1.74 bits per heavy atom. The highest BCUT2D eigenvalue weighted by molar-refractivity contribution is 7.89. The van der Waals surface area contributed by atoms with Crippen molar-refractivity contribution in [3.8, 4) is 22.9 Å². The Labute approximate surface area is 267 Å². The van der Waals surface area contributed by atoms with Crippen LogP contribution in [0.1, 0.15) is 42.0 Å². The van der Waals surface area contributed by atoms with Crippen LogP contribution >= 0.6 is 0 Å². The van der Waals surface area contributed by atoms with Crippen LogP contribution in [0.5, 0.6) is 11.6 Å². The number of fused-ring (bicyclic) bond motifs is 1. The first-order valence-electron chi connectivity index (χ1n) is 15.2. The number of alkyl halides is 2. The molecule has 46 heavy (non-hydrogen) atoms. The molecule has 11 heteroatoms. The minimum atomic E-state index is -3.81. The Balaban J connectivity index is 1.30. The maximum Gasteiger partial charge on any atom is 0.270 e. The lowest BCUT2D eigenvalue weighted by molar-refractivity contribution is 0.0167. The highest BCUT2D eigenvalue weighted by Crippen LogP contribution is 2.38. The van der Waals surface area contributed by atoms with Gasteiger partial charge in [-0.3, -0.25) is 0 Å². The molecule has 0 bridgehead atoms. The van der Waals surface area contributed by atoms with Crippen molar-refractivity contribution < 1.29 is 21.9 Å². The number of benzene rings is 3. The molecule has 1 saturated heterocycles. The Kier molecular flexibility index (Phi) is 8.97. The minimum absolute atomic E-state index is 0.0938. The van der Waals surface area contributed by atoms with Gasteiger partial charge in [-0.1, -0.05) is 54.6 Å². The molecule has 238 valence electrons. The predicted octanol–water partition coefficient (Wildman–Crippen LogP) is 7.18. The fraction of sp³-hybridized carbons (Fsp3) is 0.286. The van der Waals surface area contributed by atoms with Crippen LogP contribution in [0.2, 0.25) is 0 Å². The normalized spacial score (nSPS) is 15.5. The number of hydrogen-bond acceptors (Lipinski definition) is 8. The van der Waals surface area contributed by atoms with Crippen LogP contribution in [0.15, 0.2) is 85.2 Å². The van der Waals surface area contributed by atoms with Crippen LogP contribution in [0.4, 0.5) is 14.7 Å². The maximum absolute atomic E-state index is 14.2. The van der Waals surface area contributed by atoms with Gasteiger partial charge in [-0.2, -0.15) is 0 Å². The Hall–Kier alpha value is -4.48. The number of aromatic nitrogens is 3. The van der Waals surface area contributed by atoms with E-state index in [9.17, 15) is 17.2 Å². The zero-order valence-corrected chi connectivity index (χ0v) is 26.4. The van der Waals surface area contributed by atoms with E-state index in [1.54, 1.807) is 36.7 Å².